The molecule has 0 saturated carbocycles. The Bertz CT molecular complexity index is 610. The lowest BCUT2D eigenvalue weighted by Gasteiger charge is -2.25. The molecule has 0 aromatic rings. The normalized spacial score (nSPS) is 15.6. The third-order valence-electron chi connectivity index (χ3n) is 3.52. The maximum atomic E-state index is 12.3. The molecule has 26 heavy (non-hydrogen) atoms. The van der Waals surface area contributed by atoms with Crippen LogP contribution in [0.3, 0.4) is 0 Å². The topological polar surface area (TPSA) is 96.0 Å². The average Bonchev–Trinajstić information content (AvgIpc) is 2.73. The van der Waals surface area contributed by atoms with E-state index in [0.29, 0.717) is 19.3 Å². The summed E-state index contributed by atoms with van der Waals surface area (Å²) in [6.07, 6.45) is 2.04. The Morgan fingerprint density at radius 1 is 1.27 bits per heavy atom. The fraction of sp³-hybridized carbons (Fsp3) is 0.647. The zero-order valence-corrected chi connectivity index (χ0v) is 17.4. The van der Waals surface area contributed by atoms with Crippen LogP contribution in [0.4, 0.5) is 4.79 Å². The number of alkyl carbamates (subject to hydrolysis) is 1. The van der Waals surface area contributed by atoms with Gasteiger partial charge >= 0.3 is 6.09 Å². The summed E-state index contributed by atoms with van der Waals surface area (Å²) in [5.74, 6) is -0.953. The smallest absolute Gasteiger partial charge is 0.408 e. The predicted molar refractivity (Wildman–Crippen MR) is 99.4 cm³/mol. The van der Waals surface area contributed by atoms with Gasteiger partial charge in [-0.15, -0.1) is 0 Å². The standard InChI is InChI=1S/C17H26BrN3O5/c1-17(2,3)26-16(25)19-12(15(24)20(4)5)8-6-7-9-21-13(22)10-11(18)14(21)23/h10,12H,6-9H2,1-5H3,(H,19,25). The van der Waals surface area contributed by atoms with Crippen LogP contribution in [0.5, 0.6) is 0 Å². The van der Waals surface area contributed by atoms with Gasteiger partial charge in [0, 0.05) is 26.7 Å². The maximum absolute atomic E-state index is 12.3. The van der Waals surface area contributed by atoms with Gasteiger partial charge in [-0.3, -0.25) is 19.3 Å². The van der Waals surface area contributed by atoms with E-state index >= 15 is 0 Å². The maximum Gasteiger partial charge on any atom is 0.408 e. The Morgan fingerprint density at radius 2 is 1.88 bits per heavy atom. The number of nitrogens with zero attached hydrogens (tertiary/aromatic N) is 2. The number of carbonyl (C=O) groups is 4. The second-order valence-electron chi connectivity index (χ2n) is 7.21. The summed E-state index contributed by atoms with van der Waals surface area (Å²) in [4.78, 5) is 50.2. The van der Waals surface area contributed by atoms with Crippen LogP contribution in [-0.4, -0.2) is 65.9 Å². The number of hydrogen-bond acceptors (Lipinski definition) is 5. The molecule has 1 rings (SSSR count). The fourth-order valence-electron chi connectivity index (χ4n) is 2.33. The summed E-state index contributed by atoms with van der Waals surface area (Å²) in [5.41, 5.74) is -0.660. The Hall–Kier alpha value is -1.90. The van der Waals surface area contributed by atoms with E-state index in [1.165, 1.54) is 11.0 Å². The van der Waals surface area contributed by atoms with Gasteiger partial charge in [0.15, 0.2) is 0 Å². The lowest BCUT2D eigenvalue weighted by atomic mass is 10.1. The number of unbranched alkanes of at least 4 members (excludes halogenated alkanes) is 1. The minimum Gasteiger partial charge on any atom is -0.444 e. The van der Waals surface area contributed by atoms with Gasteiger partial charge in [-0.05, 0) is 56.0 Å². The zero-order chi connectivity index (χ0) is 20.1. The highest BCUT2D eigenvalue weighted by Crippen LogP contribution is 2.19. The fourth-order valence-corrected chi connectivity index (χ4v) is 2.74. The second kappa shape index (κ2) is 9.16. The molecule has 0 spiro atoms. The first-order valence-corrected chi connectivity index (χ1v) is 9.15. The Balaban J connectivity index is 2.54. The number of carbonyl (C=O) groups excluding carboxylic acids is 4. The average molecular weight is 432 g/mol. The van der Waals surface area contributed by atoms with Crippen LogP contribution in [-0.2, 0) is 19.1 Å². The van der Waals surface area contributed by atoms with Crippen LogP contribution >= 0.6 is 15.9 Å². The first-order chi connectivity index (χ1) is 11.9. The zero-order valence-electron chi connectivity index (χ0n) is 15.8. The highest BCUT2D eigenvalue weighted by molar-refractivity contribution is 9.12. The summed E-state index contributed by atoms with van der Waals surface area (Å²) in [6, 6.07) is -0.727. The molecular weight excluding hydrogens is 406 g/mol. The molecule has 0 fully saturated rings. The quantitative estimate of drug-likeness (QED) is 0.489. The van der Waals surface area contributed by atoms with Gasteiger partial charge in [0.1, 0.15) is 11.6 Å². The predicted octanol–water partition coefficient (Wildman–Crippen LogP) is 1.79. The highest BCUT2D eigenvalue weighted by Gasteiger charge is 2.29. The number of imide groups is 1. The largest absolute Gasteiger partial charge is 0.444 e. The van der Waals surface area contributed by atoms with Gasteiger partial charge in [-0.2, -0.15) is 0 Å². The van der Waals surface area contributed by atoms with E-state index in [-0.39, 0.29) is 28.7 Å². The van der Waals surface area contributed by atoms with Crippen LogP contribution in [0.2, 0.25) is 0 Å². The van der Waals surface area contributed by atoms with E-state index < -0.39 is 17.7 Å². The number of nitrogens with one attached hydrogen (secondary N) is 1. The van der Waals surface area contributed by atoms with Crippen LogP contribution in [0.25, 0.3) is 0 Å². The first-order valence-electron chi connectivity index (χ1n) is 8.36. The minimum atomic E-state index is -0.727. The van der Waals surface area contributed by atoms with Gasteiger partial charge in [0.25, 0.3) is 11.8 Å². The molecule has 8 nitrogen and oxygen atoms in total. The molecule has 1 N–H and O–H groups in total. The summed E-state index contributed by atoms with van der Waals surface area (Å²) < 4.78 is 5.44. The first kappa shape index (κ1) is 22.1. The third kappa shape index (κ3) is 6.78. The molecule has 9 heteroatoms. The summed E-state index contributed by atoms with van der Waals surface area (Å²) in [7, 11) is 3.22. The van der Waals surface area contributed by atoms with Crippen molar-refractivity contribution in [1.29, 1.82) is 0 Å². The number of hydrogen-bond donors (Lipinski definition) is 1. The van der Waals surface area contributed by atoms with Crippen molar-refractivity contribution in [2.75, 3.05) is 20.6 Å². The van der Waals surface area contributed by atoms with Crippen molar-refractivity contribution in [2.24, 2.45) is 0 Å². The van der Waals surface area contributed by atoms with E-state index in [2.05, 4.69) is 21.2 Å². The lowest BCUT2D eigenvalue weighted by molar-refractivity contribution is -0.137. The number of ether oxygens (including phenoxy) is 1. The van der Waals surface area contributed by atoms with Crippen LogP contribution < -0.4 is 5.32 Å². The molecule has 1 heterocycles. The molecule has 0 aliphatic carbocycles. The number of amides is 4. The number of likely N-dealkylation sites (N-methyl/N-ethyl adjacent to an activating group) is 1. The van der Waals surface area contributed by atoms with E-state index in [1.54, 1.807) is 34.9 Å². The monoisotopic (exact) mass is 431 g/mol. The SMILES string of the molecule is CN(C)C(=O)C(CCCCN1C(=O)C=C(Br)C1=O)NC(=O)OC(C)(C)C. The molecular formula is C17H26BrN3O5. The van der Waals surface area contributed by atoms with Gasteiger partial charge in [-0.25, -0.2) is 4.79 Å². The van der Waals surface area contributed by atoms with Crippen molar-refractivity contribution in [3.05, 3.63) is 10.6 Å². The molecule has 0 bridgehead atoms. The molecule has 0 aromatic carbocycles. The van der Waals surface area contributed by atoms with Crippen LogP contribution in [0, 0.1) is 0 Å². The van der Waals surface area contributed by atoms with Gasteiger partial charge < -0.3 is 15.0 Å². The third-order valence-corrected chi connectivity index (χ3v) is 4.09. The molecule has 1 unspecified atom stereocenters. The second-order valence-corrected chi connectivity index (χ2v) is 8.07. The highest BCUT2D eigenvalue weighted by atomic mass is 79.9. The Kier molecular flexibility index (Phi) is 7.80. The van der Waals surface area contributed by atoms with Gasteiger partial charge in [0.2, 0.25) is 5.91 Å². The van der Waals surface area contributed by atoms with Crippen molar-refractivity contribution < 1.29 is 23.9 Å². The van der Waals surface area contributed by atoms with Crippen LogP contribution in [0.1, 0.15) is 40.0 Å². The number of rotatable bonds is 7. The molecule has 4 amide bonds. The van der Waals surface area contributed by atoms with Crippen molar-refractivity contribution in [3.8, 4) is 0 Å². The Labute approximate surface area is 162 Å². The molecule has 0 saturated heterocycles. The number of halogens is 1. The van der Waals surface area contributed by atoms with Crippen molar-refractivity contribution in [2.45, 2.75) is 51.7 Å². The summed E-state index contributed by atoms with van der Waals surface area (Å²) >= 11 is 3.04. The lowest BCUT2D eigenvalue weighted by Crippen LogP contribution is -2.47. The summed E-state index contributed by atoms with van der Waals surface area (Å²) in [5, 5.41) is 2.59. The van der Waals surface area contributed by atoms with Crippen molar-refractivity contribution in [3.63, 3.8) is 0 Å². The molecule has 0 aromatic heterocycles. The van der Waals surface area contributed by atoms with Gasteiger partial charge in [0.05, 0.1) is 4.48 Å². The van der Waals surface area contributed by atoms with Crippen molar-refractivity contribution >= 4 is 39.7 Å². The van der Waals surface area contributed by atoms with Crippen molar-refractivity contribution in [1.82, 2.24) is 15.1 Å². The van der Waals surface area contributed by atoms with Crippen LogP contribution in [0.15, 0.2) is 10.6 Å². The van der Waals surface area contributed by atoms with E-state index in [1.807, 2.05) is 0 Å². The van der Waals surface area contributed by atoms with E-state index in [0.717, 1.165) is 4.90 Å². The minimum absolute atomic E-state index is 0.242. The molecule has 1 aliphatic heterocycles. The Morgan fingerprint density at radius 3 is 2.35 bits per heavy atom. The van der Waals surface area contributed by atoms with E-state index in [9.17, 15) is 19.2 Å². The molecule has 1 aliphatic rings. The molecule has 1 atom stereocenters. The summed E-state index contributed by atoms with van der Waals surface area (Å²) in [6.45, 7) is 5.49. The van der Waals surface area contributed by atoms with E-state index in [4.69, 9.17) is 4.74 Å². The molecule has 146 valence electrons. The van der Waals surface area contributed by atoms with Gasteiger partial charge in [-0.1, -0.05) is 0 Å². The molecule has 0 radical (unpaired) electrons.